The highest BCUT2D eigenvalue weighted by molar-refractivity contribution is 5.85. The molecular weight excluding hydrogens is 268 g/mol. The van der Waals surface area contributed by atoms with Gasteiger partial charge in [-0.2, -0.15) is 0 Å². The van der Waals surface area contributed by atoms with Gasteiger partial charge in [-0.15, -0.1) is 0 Å². The average molecular weight is 290 g/mol. The van der Waals surface area contributed by atoms with Crippen molar-refractivity contribution in [3.63, 3.8) is 0 Å². The van der Waals surface area contributed by atoms with Crippen LogP contribution in [0.1, 0.15) is 44.2 Å². The first-order valence-corrected chi connectivity index (χ1v) is 7.45. The zero-order chi connectivity index (χ0) is 15.2. The maximum Gasteiger partial charge on any atom is 0.333 e. The Morgan fingerprint density at radius 1 is 1.29 bits per heavy atom. The minimum atomic E-state index is -0.670. The summed E-state index contributed by atoms with van der Waals surface area (Å²) >= 11 is 0. The number of nitrogens with zero attached hydrogens (tertiary/aromatic N) is 1. The number of likely N-dealkylation sites (tertiary alicyclic amines) is 1. The van der Waals surface area contributed by atoms with Crippen LogP contribution in [0.5, 0.6) is 0 Å². The van der Waals surface area contributed by atoms with Crippen LogP contribution in [0.4, 0.5) is 5.69 Å². The Labute approximate surface area is 125 Å². The van der Waals surface area contributed by atoms with Crippen LogP contribution in [-0.2, 0) is 14.3 Å². The van der Waals surface area contributed by atoms with Crippen molar-refractivity contribution in [3.8, 4) is 0 Å². The van der Waals surface area contributed by atoms with E-state index in [0.29, 0.717) is 25.3 Å². The Bertz CT molecular complexity index is 499. The van der Waals surface area contributed by atoms with Crippen molar-refractivity contribution >= 4 is 17.6 Å². The number of esters is 1. The molecule has 0 spiro atoms. The van der Waals surface area contributed by atoms with E-state index in [2.05, 4.69) is 0 Å². The maximum absolute atomic E-state index is 12.3. The first-order valence-electron chi connectivity index (χ1n) is 7.45. The van der Waals surface area contributed by atoms with Gasteiger partial charge < -0.3 is 15.4 Å². The highest BCUT2D eigenvalue weighted by Gasteiger charge is 2.32. The van der Waals surface area contributed by atoms with Gasteiger partial charge in [0, 0.05) is 18.7 Å². The van der Waals surface area contributed by atoms with Gasteiger partial charge in [0.15, 0.2) is 6.04 Å². The van der Waals surface area contributed by atoms with E-state index in [4.69, 9.17) is 10.5 Å². The fraction of sp³-hybridized carbons (Fsp3) is 0.500. The van der Waals surface area contributed by atoms with Gasteiger partial charge >= 0.3 is 5.97 Å². The van der Waals surface area contributed by atoms with Crippen LogP contribution in [0.25, 0.3) is 0 Å². The predicted molar refractivity (Wildman–Crippen MR) is 80.4 cm³/mol. The average Bonchev–Trinajstić information content (AvgIpc) is 2.67. The molecule has 0 radical (unpaired) electrons. The van der Waals surface area contributed by atoms with E-state index in [0.717, 1.165) is 24.8 Å². The largest absolute Gasteiger partial charge is 0.464 e. The lowest BCUT2D eigenvalue weighted by Crippen LogP contribution is -2.39. The molecule has 0 bridgehead atoms. The lowest BCUT2D eigenvalue weighted by atomic mass is 10.0. The van der Waals surface area contributed by atoms with Gasteiger partial charge in [-0.3, -0.25) is 4.79 Å². The second-order valence-electron chi connectivity index (χ2n) is 5.22. The number of nitrogens with two attached hydrogens (primary N) is 1. The van der Waals surface area contributed by atoms with E-state index in [1.807, 2.05) is 0 Å². The molecule has 1 aliphatic rings. The van der Waals surface area contributed by atoms with Crippen LogP contribution in [0.3, 0.4) is 0 Å². The number of benzene rings is 1. The van der Waals surface area contributed by atoms with Crippen molar-refractivity contribution in [1.82, 2.24) is 4.90 Å². The molecule has 0 aromatic heterocycles. The van der Waals surface area contributed by atoms with Gasteiger partial charge in [0.1, 0.15) is 0 Å². The summed E-state index contributed by atoms with van der Waals surface area (Å²) in [5, 5.41) is 0. The molecule has 0 unspecified atom stereocenters. The van der Waals surface area contributed by atoms with Gasteiger partial charge in [-0.05, 0) is 37.5 Å². The first kappa shape index (κ1) is 15.4. The summed E-state index contributed by atoms with van der Waals surface area (Å²) in [6, 6.07) is 6.38. The van der Waals surface area contributed by atoms with Gasteiger partial charge in [0.2, 0.25) is 5.91 Å². The van der Waals surface area contributed by atoms with Crippen molar-refractivity contribution < 1.29 is 14.3 Å². The molecule has 1 aromatic rings. The maximum atomic E-state index is 12.3. The van der Waals surface area contributed by atoms with Crippen molar-refractivity contribution in [2.45, 2.75) is 38.6 Å². The summed E-state index contributed by atoms with van der Waals surface area (Å²) in [6.07, 6.45) is 3.30. The molecule has 21 heavy (non-hydrogen) atoms. The van der Waals surface area contributed by atoms with Gasteiger partial charge in [-0.1, -0.05) is 18.6 Å². The minimum Gasteiger partial charge on any atom is -0.464 e. The molecule has 1 aromatic carbocycles. The third-order valence-electron chi connectivity index (χ3n) is 3.68. The Hall–Kier alpha value is -2.04. The topological polar surface area (TPSA) is 72.6 Å². The molecule has 2 N–H and O–H groups in total. The van der Waals surface area contributed by atoms with Gasteiger partial charge in [0.05, 0.1) is 6.61 Å². The number of ether oxygens (including phenoxy) is 1. The van der Waals surface area contributed by atoms with Gasteiger partial charge in [-0.25, -0.2) is 4.79 Å². The molecule has 1 aliphatic heterocycles. The second kappa shape index (κ2) is 7.11. The summed E-state index contributed by atoms with van der Waals surface area (Å²) in [5.41, 5.74) is 7.07. The molecule has 1 amide bonds. The van der Waals surface area contributed by atoms with E-state index in [9.17, 15) is 9.59 Å². The molecule has 5 nitrogen and oxygen atoms in total. The lowest BCUT2D eigenvalue weighted by Gasteiger charge is -2.29. The number of amides is 1. The Morgan fingerprint density at radius 2 is 2.00 bits per heavy atom. The summed E-state index contributed by atoms with van der Waals surface area (Å²) in [6.45, 7) is 2.65. The number of carbonyl (C=O) groups is 2. The second-order valence-corrected chi connectivity index (χ2v) is 5.22. The van der Waals surface area contributed by atoms with Crippen LogP contribution in [0.15, 0.2) is 24.3 Å². The minimum absolute atomic E-state index is 0.0161. The van der Waals surface area contributed by atoms with E-state index >= 15 is 0 Å². The highest BCUT2D eigenvalue weighted by Crippen LogP contribution is 2.27. The Balaban J connectivity index is 2.32. The van der Waals surface area contributed by atoms with E-state index in [-0.39, 0.29) is 11.9 Å². The fourth-order valence-corrected chi connectivity index (χ4v) is 2.62. The number of hydrogen-bond donors (Lipinski definition) is 1. The smallest absolute Gasteiger partial charge is 0.333 e. The predicted octanol–water partition coefficient (Wildman–Crippen LogP) is 2.28. The normalized spacial score (nSPS) is 17.2. The van der Waals surface area contributed by atoms with Crippen LogP contribution in [0.2, 0.25) is 0 Å². The van der Waals surface area contributed by atoms with Crippen molar-refractivity contribution in [2.75, 3.05) is 18.9 Å². The monoisotopic (exact) mass is 290 g/mol. The molecule has 1 heterocycles. The van der Waals surface area contributed by atoms with Crippen molar-refractivity contribution in [2.24, 2.45) is 0 Å². The number of rotatable bonds is 4. The molecule has 5 heteroatoms. The molecule has 0 saturated carbocycles. The number of hydrogen-bond acceptors (Lipinski definition) is 4. The Morgan fingerprint density at radius 3 is 2.67 bits per heavy atom. The highest BCUT2D eigenvalue weighted by atomic mass is 16.5. The zero-order valence-corrected chi connectivity index (χ0v) is 12.4. The van der Waals surface area contributed by atoms with Crippen LogP contribution < -0.4 is 5.73 Å². The summed E-state index contributed by atoms with van der Waals surface area (Å²) in [7, 11) is 0. The number of nitrogen functional groups attached to an aromatic ring is 1. The molecule has 114 valence electrons. The van der Waals surface area contributed by atoms with Crippen LogP contribution in [0, 0.1) is 0 Å². The van der Waals surface area contributed by atoms with Crippen LogP contribution >= 0.6 is 0 Å². The molecule has 2 rings (SSSR count). The number of anilines is 1. The van der Waals surface area contributed by atoms with E-state index in [1.54, 1.807) is 36.1 Å². The number of carbonyl (C=O) groups excluding carboxylic acids is 2. The third-order valence-corrected chi connectivity index (χ3v) is 3.68. The third kappa shape index (κ3) is 3.74. The summed E-state index contributed by atoms with van der Waals surface area (Å²) in [4.78, 5) is 26.3. The summed E-state index contributed by atoms with van der Waals surface area (Å²) < 4.78 is 5.17. The van der Waals surface area contributed by atoms with Crippen molar-refractivity contribution in [1.29, 1.82) is 0 Å². The molecule has 1 fully saturated rings. The molecule has 0 aliphatic carbocycles. The lowest BCUT2D eigenvalue weighted by molar-refractivity contribution is -0.155. The van der Waals surface area contributed by atoms with Gasteiger partial charge in [0.25, 0.3) is 0 Å². The molecular formula is C16H22N2O3. The van der Waals surface area contributed by atoms with Crippen LogP contribution in [-0.4, -0.2) is 29.9 Å². The Kier molecular flexibility index (Phi) is 5.20. The zero-order valence-electron chi connectivity index (χ0n) is 12.4. The SMILES string of the molecule is CCOC(=O)[C@@H](c1ccc(N)cc1)N1CCCCCC1=O. The fourth-order valence-electron chi connectivity index (χ4n) is 2.62. The molecule has 1 saturated heterocycles. The van der Waals surface area contributed by atoms with Crippen molar-refractivity contribution in [3.05, 3.63) is 29.8 Å². The van der Waals surface area contributed by atoms with E-state index < -0.39 is 6.04 Å². The standard InChI is InChI=1S/C16H22N2O3/c1-2-21-16(20)15(12-7-9-13(17)10-8-12)18-11-5-3-4-6-14(18)19/h7-10,15H,2-6,11,17H2,1H3/t15-/m1/s1. The quantitative estimate of drug-likeness (QED) is 0.682. The first-order chi connectivity index (χ1) is 10.1. The summed E-state index contributed by atoms with van der Waals surface area (Å²) in [5.74, 6) is -0.361. The molecule has 1 atom stereocenters. The van der Waals surface area contributed by atoms with E-state index in [1.165, 1.54) is 0 Å².